The second-order valence-electron chi connectivity index (χ2n) is 5.08. The van der Waals surface area contributed by atoms with Gasteiger partial charge in [0.2, 0.25) is 0 Å². The number of nitrogens with one attached hydrogen (secondary N) is 2. The molecule has 0 bridgehead atoms. The van der Waals surface area contributed by atoms with Crippen LogP contribution in [0.4, 0.5) is 4.79 Å². The van der Waals surface area contributed by atoms with Crippen molar-refractivity contribution in [2.24, 2.45) is 0 Å². The summed E-state index contributed by atoms with van der Waals surface area (Å²) in [5.74, 6) is 0.214. The van der Waals surface area contributed by atoms with Crippen molar-refractivity contribution in [2.45, 2.75) is 39.3 Å². The number of aromatic hydroxyl groups is 1. The van der Waals surface area contributed by atoms with Gasteiger partial charge in [0.15, 0.2) is 0 Å². The molecule has 3 N–H and O–H groups in total. The molecule has 0 aliphatic rings. The van der Waals surface area contributed by atoms with Crippen molar-refractivity contribution in [3.05, 3.63) is 29.8 Å². The van der Waals surface area contributed by atoms with E-state index < -0.39 is 11.7 Å². The van der Waals surface area contributed by atoms with E-state index in [-0.39, 0.29) is 11.8 Å². The monoisotopic (exact) mass is 252 g/mol. The number of hydrogen-bond donors (Lipinski definition) is 3. The van der Waals surface area contributed by atoms with Gasteiger partial charge in [-0.3, -0.25) is 5.43 Å². The lowest BCUT2D eigenvalue weighted by molar-refractivity contribution is 0.0489. The molecule has 0 heterocycles. The molecule has 18 heavy (non-hydrogen) atoms. The molecule has 5 nitrogen and oxygen atoms in total. The van der Waals surface area contributed by atoms with Gasteiger partial charge in [-0.2, -0.15) is 0 Å². The molecule has 0 aliphatic heterocycles. The van der Waals surface area contributed by atoms with Crippen LogP contribution >= 0.6 is 0 Å². The molecule has 1 aromatic rings. The highest BCUT2D eigenvalue weighted by atomic mass is 16.6. The topological polar surface area (TPSA) is 70.6 Å². The third-order valence-electron chi connectivity index (χ3n) is 2.18. The van der Waals surface area contributed by atoms with E-state index in [1.54, 1.807) is 45.0 Å². The molecule has 1 amide bonds. The van der Waals surface area contributed by atoms with Crippen molar-refractivity contribution in [3.8, 4) is 5.75 Å². The Morgan fingerprint density at radius 2 is 1.83 bits per heavy atom. The molecule has 0 saturated heterocycles. The quantitative estimate of drug-likeness (QED) is 0.723. The summed E-state index contributed by atoms with van der Waals surface area (Å²) >= 11 is 0. The summed E-state index contributed by atoms with van der Waals surface area (Å²) in [6.45, 7) is 7.30. The van der Waals surface area contributed by atoms with Gasteiger partial charge in [0.05, 0.1) is 0 Å². The lowest BCUT2D eigenvalue weighted by Crippen LogP contribution is -2.42. The van der Waals surface area contributed by atoms with E-state index in [2.05, 4.69) is 10.9 Å². The predicted molar refractivity (Wildman–Crippen MR) is 69.0 cm³/mol. The van der Waals surface area contributed by atoms with Crippen LogP contribution in [0.25, 0.3) is 0 Å². The molecule has 0 fully saturated rings. The fourth-order valence-electron chi connectivity index (χ4n) is 1.32. The number of phenolic OH excluding ortho intramolecular Hbond substituents is 1. The Labute approximate surface area is 107 Å². The number of hydrazine groups is 1. The van der Waals surface area contributed by atoms with Gasteiger partial charge in [0.1, 0.15) is 11.4 Å². The maximum Gasteiger partial charge on any atom is 0.422 e. The third kappa shape index (κ3) is 5.05. The molecule has 1 atom stereocenters. The summed E-state index contributed by atoms with van der Waals surface area (Å²) < 4.78 is 5.09. The van der Waals surface area contributed by atoms with Gasteiger partial charge < -0.3 is 9.84 Å². The zero-order valence-electron chi connectivity index (χ0n) is 11.2. The third-order valence-corrected chi connectivity index (χ3v) is 2.18. The highest BCUT2D eigenvalue weighted by Gasteiger charge is 2.16. The van der Waals surface area contributed by atoms with Crippen molar-refractivity contribution in [1.82, 2.24) is 10.9 Å². The Bertz CT molecular complexity index is 396. The van der Waals surface area contributed by atoms with Crippen LogP contribution in [0, 0.1) is 0 Å². The number of rotatable bonds is 3. The van der Waals surface area contributed by atoms with E-state index in [4.69, 9.17) is 4.74 Å². The van der Waals surface area contributed by atoms with Gasteiger partial charge >= 0.3 is 6.09 Å². The van der Waals surface area contributed by atoms with Gasteiger partial charge in [-0.25, -0.2) is 10.2 Å². The fraction of sp³-hybridized carbons (Fsp3) is 0.462. The van der Waals surface area contributed by atoms with Gasteiger partial charge in [0, 0.05) is 6.04 Å². The number of carbonyl (C=O) groups excluding carboxylic acids is 1. The number of carbonyl (C=O) groups is 1. The molecule has 0 aromatic heterocycles. The molecule has 0 saturated carbocycles. The zero-order chi connectivity index (χ0) is 13.8. The second kappa shape index (κ2) is 5.73. The molecule has 5 heteroatoms. The van der Waals surface area contributed by atoms with Crippen molar-refractivity contribution in [3.63, 3.8) is 0 Å². The van der Waals surface area contributed by atoms with Gasteiger partial charge in [0.25, 0.3) is 0 Å². The van der Waals surface area contributed by atoms with Crippen LogP contribution in [0.2, 0.25) is 0 Å². The lowest BCUT2D eigenvalue weighted by atomic mass is 10.1. The first-order chi connectivity index (χ1) is 8.28. The highest BCUT2D eigenvalue weighted by molar-refractivity contribution is 5.67. The summed E-state index contributed by atoms with van der Waals surface area (Å²) in [5, 5.41) is 9.17. The van der Waals surface area contributed by atoms with E-state index in [0.29, 0.717) is 0 Å². The van der Waals surface area contributed by atoms with Crippen molar-refractivity contribution < 1.29 is 14.6 Å². The van der Waals surface area contributed by atoms with E-state index >= 15 is 0 Å². The minimum atomic E-state index is -0.520. The van der Waals surface area contributed by atoms with Gasteiger partial charge in [-0.05, 0) is 45.4 Å². The Morgan fingerprint density at radius 3 is 2.33 bits per heavy atom. The summed E-state index contributed by atoms with van der Waals surface area (Å²) in [4.78, 5) is 11.4. The molecule has 1 aromatic carbocycles. The Kier molecular flexibility index (Phi) is 4.55. The SMILES string of the molecule is CC(NNC(=O)OC(C)(C)C)c1ccc(O)cc1. The fourth-order valence-corrected chi connectivity index (χ4v) is 1.32. The van der Waals surface area contributed by atoms with Crippen LogP contribution < -0.4 is 10.9 Å². The van der Waals surface area contributed by atoms with Gasteiger partial charge in [-0.15, -0.1) is 0 Å². The maximum absolute atomic E-state index is 11.4. The Hall–Kier alpha value is -1.75. The summed E-state index contributed by atoms with van der Waals surface area (Å²) in [5.41, 5.74) is 5.74. The van der Waals surface area contributed by atoms with Crippen molar-refractivity contribution in [2.75, 3.05) is 0 Å². The molecule has 100 valence electrons. The van der Waals surface area contributed by atoms with Crippen LogP contribution in [0.3, 0.4) is 0 Å². The number of amides is 1. The summed E-state index contributed by atoms with van der Waals surface area (Å²) in [7, 11) is 0. The first-order valence-electron chi connectivity index (χ1n) is 5.81. The van der Waals surface area contributed by atoms with Crippen molar-refractivity contribution in [1.29, 1.82) is 0 Å². The lowest BCUT2D eigenvalue weighted by Gasteiger charge is -2.21. The molecular formula is C13H20N2O3. The molecule has 1 rings (SSSR count). The van der Waals surface area contributed by atoms with Crippen LogP contribution in [0.15, 0.2) is 24.3 Å². The van der Waals surface area contributed by atoms with E-state index in [1.807, 2.05) is 6.92 Å². The largest absolute Gasteiger partial charge is 0.508 e. The van der Waals surface area contributed by atoms with Crippen molar-refractivity contribution >= 4 is 6.09 Å². The van der Waals surface area contributed by atoms with E-state index in [0.717, 1.165) is 5.56 Å². The minimum absolute atomic E-state index is 0.0851. The number of benzene rings is 1. The average molecular weight is 252 g/mol. The Morgan fingerprint density at radius 1 is 1.28 bits per heavy atom. The zero-order valence-corrected chi connectivity index (χ0v) is 11.2. The molecule has 0 spiro atoms. The number of hydrogen-bond acceptors (Lipinski definition) is 4. The summed E-state index contributed by atoms with van der Waals surface area (Å²) in [6.07, 6.45) is -0.520. The first-order valence-corrected chi connectivity index (χ1v) is 5.81. The minimum Gasteiger partial charge on any atom is -0.508 e. The van der Waals surface area contributed by atoms with Crippen LogP contribution in [-0.2, 0) is 4.74 Å². The summed E-state index contributed by atoms with van der Waals surface area (Å²) in [6, 6.07) is 6.67. The maximum atomic E-state index is 11.4. The van der Waals surface area contributed by atoms with E-state index in [1.165, 1.54) is 0 Å². The molecule has 0 aliphatic carbocycles. The van der Waals surface area contributed by atoms with Crippen LogP contribution in [-0.4, -0.2) is 16.8 Å². The normalized spacial score (nSPS) is 12.9. The first kappa shape index (κ1) is 14.3. The highest BCUT2D eigenvalue weighted by Crippen LogP contribution is 2.15. The smallest absolute Gasteiger partial charge is 0.422 e. The number of phenols is 1. The molecular weight excluding hydrogens is 232 g/mol. The number of ether oxygens (including phenoxy) is 1. The molecule has 0 radical (unpaired) electrons. The Balaban J connectivity index is 2.44. The van der Waals surface area contributed by atoms with E-state index in [9.17, 15) is 9.90 Å². The standard InChI is InChI=1S/C13H20N2O3/c1-9(10-5-7-11(16)8-6-10)14-15-12(17)18-13(2,3)4/h5-9,14,16H,1-4H3,(H,15,17). The second-order valence-corrected chi connectivity index (χ2v) is 5.08. The van der Waals surface area contributed by atoms with Crippen LogP contribution in [0.1, 0.15) is 39.3 Å². The van der Waals surface area contributed by atoms with Crippen LogP contribution in [0.5, 0.6) is 5.75 Å². The molecule has 1 unspecified atom stereocenters. The van der Waals surface area contributed by atoms with Gasteiger partial charge in [-0.1, -0.05) is 12.1 Å². The average Bonchev–Trinajstić information content (AvgIpc) is 2.24. The predicted octanol–water partition coefficient (Wildman–Crippen LogP) is 2.48.